The Labute approximate surface area is 102 Å². The van der Waals surface area contributed by atoms with Gasteiger partial charge >= 0.3 is 5.97 Å². The molecule has 92 valence electrons. The van der Waals surface area contributed by atoms with E-state index in [-0.39, 0.29) is 0 Å². The molecule has 17 heavy (non-hydrogen) atoms. The van der Waals surface area contributed by atoms with Gasteiger partial charge in [-0.1, -0.05) is 6.92 Å². The lowest BCUT2D eigenvalue weighted by Gasteiger charge is -2.22. The summed E-state index contributed by atoms with van der Waals surface area (Å²) < 4.78 is 0. The van der Waals surface area contributed by atoms with Crippen molar-refractivity contribution in [1.82, 2.24) is 0 Å². The van der Waals surface area contributed by atoms with E-state index in [9.17, 15) is 4.79 Å². The summed E-state index contributed by atoms with van der Waals surface area (Å²) in [6.07, 6.45) is 3.74. The molecular formula is C14H19NO2. The summed E-state index contributed by atoms with van der Waals surface area (Å²) in [7, 11) is 0. The number of carboxylic acid groups (broad SMARTS) is 1. The smallest absolute Gasteiger partial charge is 0.335 e. The molecule has 0 aliphatic carbocycles. The van der Waals surface area contributed by atoms with Crippen LogP contribution >= 0.6 is 0 Å². The second-order valence-electron chi connectivity index (χ2n) is 4.88. The summed E-state index contributed by atoms with van der Waals surface area (Å²) in [6, 6.07) is 7.21. The molecule has 1 saturated heterocycles. The molecule has 1 fully saturated rings. The molecule has 1 atom stereocenters. The largest absolute Gasteiger partial charge is 0.478 e. The van der Waals surface area contributed by atoms with Crippen LogP contribution in [-0.2, 0) is 0 Å². The van der Waals surface area contributed by atoms with E-state index < -0.39 is 5.97 Å². The van der Waals surface area contributed by atoms with Crippen LogP contribution in [0.4, 0.5) is 5.69 Å². The van der Waals surface area contributed by atoms with Gasteiger partial charge in [0.05, 0.1) is 5.56 Å². The Hall–Kier alpha value is -1.51. The van der Waals surface area contributed by atoms with Gasteiger partial charge in [-0.25, -0.2) is 4.79 Å². The summed E-state index contributed by atoms with van der Waals surface area (Å²) in [6.45, 7) is 4.46. The third-order valence-corrected chi connectivity index (χ3v) is 3.50. The Balaban J connectivity index is 2.08. The van der Waals surface area contributed by atoms with Gasteiger partial charge in [-0.15, -0.1) is 0 Å². The van der Waals surface area contributed by atoms with Gasteiger partial charge < -0.3 is 10.0 Å². The molecule has 0 saturated carbocycles. The monoisotopic (exact) mass is 233 g/mol. The van der Waals surface area contributed by atoms with Crippen molar-refractivity contribution in [2.45, 2.75) is 26.2 Å². The number of hydrogen-bond acceptors (Lipinski definition) is 2. The molecule has 1 aliphatic heterocycles. The van der Waals surface area contributed by atoms with Crippen molar-refractivity contribution < 1.29 is 9.90 Å². The fourth-order valence-electron chi connectivity index (χ4n) is 2.34. The molecule has 0 bridgehead atoms. The zero-order chi connectivity index (χ0) is 12.3. The second-order valence-corrected chi connectivity index (χ2v) is 4.88. The first-order valence-electron chi connectivity index (χ1n) is 6.25. The minimum Gasteiger partial charge on any atom is -0.478 e. The normalized spacial score (nSPS) is 21.0. The van der Waals surface area contributed by atoms with Crippen LogP contribution in [0.15, 0.2) is 24.3 Å². The first-order valence-corrected chi connectivity index (χ1v) is 6.25. The van der Waals surface area contributed by atoms with Crippen molar-refractivity contribution in [2.75, 3.05) is 18.0 Å². The number of aromatic carboxylic acids is 1. The third kappa shape index (κ3) is 2.99. The minimum absolute atomic E-state index is 0.358. The predicted octanol–water partition coefficient (Wildman–Crippen LogP) is 3.01. The fourth-order valence-corrected chi connectivity index (χ4v) is 2.34. The molecule has 0 spiro atoms. The standard InChI is InChI=1S/C14H19NO2/c1-11-3-2-9-15(10-8-11)13-6-4-12(5-7-13)14(16)17/h4-7,11H,2-3,8-10H2,1H3,(H,16,17). The number of rotatable bonds is 2. The molecule has 0 amide bonds. The Kier molecular flexibility index (Phi) is 3.67. The number of benzene rings is 1. The molecule has 1 N–H and O–H groups in total. The molecule has 1 aromatic rings. The fraction of sp³-hybridized carbons (Fsp3) is 0.500. The maximum Gasteiger partial charge on any atom is 0.335 e. The number of anilines is 1. The van der Waals surface area contributed by atoms with Gasteiger partial charge in [-0.2, -0.15) is 0 Å². The lowest BCUT2D eigenvalue weighted by molar-refractivity contribution is 0.0697. The lowest BCUT2D eigenvalue weighted by Crippen LogP contribution is -2.24. The molecule has 2 rings (SSSR count). The van der Waals surface area contributed by atoms with Gasteiger partial charge in [0, 0.05) is 18.8 Å². The maximum atomic E-state index is 10.8. The van der Waals surface area contributed by atoms with Gasteiger partial charge in [0.25, 0.3) is 0 Å². The highest BCUT2D eigenvalue weighted by Crippen LogP contribution is 2.22. The topological polar surface area (TPSA) is 40.5 Å². The van der Waals surface area contributed by atoms with Crippen LogP contribution in [0.1, 0.15) is 36.5 Å². The number of carboxylic acids is 1. The summed E-state index contributed by atoms with van der Waals surface area (Å²) in [5.41, 5.74) is 1.50. The molecule has 1 unspecified atom stereocenters. The van der Waals surface area contributed by atoms with E-state index in [0.29, 0.717) is 5.56 Å². The van der Waals surface area contributed by atoms with Gasteiger partial charge in [0.2, 0.25) is 0 Å². The van der Waals surface area contributed by atoms with Crippen LogP contribution in [0.5, 0.6) is 0 Å². The van der Waals surface area contributed by atoms with Gasteiger partial charge in [-0.3, -0.25) is 0 Å². The summed E-state index contributed by atoms with van der Waals surface area (Å²) in [4.78, 5) is 13.1. The average Bonchev–Trinajstić information content (AvgIpc) is 2.54. The molecular weight excluding hydrogens is 214 g/mol. The Morgan fingerprint density at radius 2 is 1.94 bits per heavy atom. The zero-order valence-corrected chi connectivity index (χ0v) is 10.2. The van der Waals surface area contributed by atoms with Crippen molar-refractivity contribution in [2.24, 2.45) is 5.92 Å². The van der Waals surface area contributed by atoms with Crippen LogP contribution in [-0.4, -0.2) is 24.2 Å². The van der Waals surface area contributed by atoms with E-state index in [1.807, 2.05) is 12.1 Å². The van der Waals surface area contributed by atoms with Gasteiger partial charge in [-0.05, 0) is 49.4 Å². The molecule has 1 heterocycles. The highest BCUT2D eigenvalue weighted by molar-refractivity contribution is 5.88. The summed E-state index contributed by atoms with van der Waals surface area (Å²) >= 11 is 0. The summed E-state index contributed by atoms with van der Waals surface area (Å²) in [5, 5.41) is 8.85. The van der Waals surface area contributed by atoms with E-state index in [0.717, 1.165) is 24.7 Å². The molecule has 0 radical (unpaired) electrons. The van der Waals surface area contributed by atoms with E-state index in [1.165, 1.54) is 19.3 Å². The first kappa shape index (κ1) is 12.0. The van der Waals surface area contributed by atoms with E-state index in [2.05, 4.69) is 11.8 Å². The zero-order valence-electron chi connectivity index (χ0n) is 10.2. The predicted molar refractivity (Wildman–Crippen MR) is 68.6 cm³/mol. The van der Waals surface area contributed by atoms with Gasteiger partial charge in [0.1, 0.15) is 0 Å². The van der Waals surface area contributed by atoms with E-state index in [4.69, 9.17) is 5.11 Å². The van der Waals surface area contributed by atoms with Crippen molar-refractivity contribution in [3.05, 3.63) is 29.8 Å². The van der Waals surface area contributed by atoms with Crippen LogP contribution in [0.25, 0.3) is 0 Å². The van der Waals surface area contributed by atoms with Crippen molar-refractivity contribution in [1.29, 1.82) is 0 Å². The van der Waals surface area contributed by atoms with Crippen molar-refractivity contribution in [3.63, 3.8) is 0 Å². The highest BCUT2D eigenvalue weighted by atomic mass is 16.4. The molecule has 1 aromatic carbocycles. The Morgan fingerprint density at radius 3 is 2.59 bits per heavy atom. The first-order chi connectivity index (χ1) is 8.16. The van der Waals surface area contributed by atoms with Crippen molar-refractivity contribution >= 4 is 11.7 Å². The number of carbonyl (C=O) groups is 1. The van der Waals surface area contributed by atoms with Crippen LogP contribution in [0.3, 0.4) is 0 Å². The average molecular weight is 233 g/mol. The van der Waals surface area contributed by atoms with E-state index in [1.54, 1.807) is 12.1 Å². The van der Waals surface area contributed by atoms with E-state index >= 15 is 0 Å². The Bertz CT molecular complexity index is 386. The number of nitrogens with zero attached hydrogens (tertiary/aromatic N) is 1. The Morgan fingerprint density at radius 1 is 1.24 bits per heavy atom. The van der Waals surface area contributed by atoms with Crippen LogP contribution in [0, 0.1) is 5.92 Å². The third-order valence-electron chi connectivity index (χ3n) is 3.50. The SMILES string of the molecule is CC1CCCN(c2ccc(C(=O)O)cc2)CC1. The summed E-state index contributed by atoms with van der Waals surface area (Å²) in [5.74, 6) is -0.0562. The van der Waals surface area contributed by atoms with Crippen LogP contribution in [0.2, 0.25) is 0 Å². The quantitative estimate of drug-likeness (QED) is 0.853. The molecule has 1 aliphatic rings. The molecule has 3 heteroatoms. The second kappa shape index (κ2) is 5.21. The van der Waals surface area contributed by atoms with Gasteiger partial charge in [0.15, 0.2) is 0 Å². The highest BCUT2D eigenvalue weighted by Gasteiger charge is 2.14. The maximum absolute atomic E-state index is 10.8. The van der Waals surface area contributed by atoms with Crippen LogP contribution < -0.4 is 4.90 Å². The lowest BCUT2D eigenvalue weighted by atomic mass is 10.0. The number of hydrogen-bond donors (Lipinski definition) is 1. The van der Waals surface area contributed by atoms with Crippen molar-refractivity contribution in [3.8, 4) is 0 Å². The minimum atomic E-state index is -0.860. The molecule has 0 aromatic heterocycles. The molecule has 3 nitrogen and oxygen atoms in total.